The molecule has 1 aliphatic rings. The van der Waals surface area contributed by atoms with Crippen LogP contribution in [0.4, 0.5) is 4.79 Å². The number of nitrogens with zero attached hydrogens (tertiary/aromatic N) is 1. The predicted octanol–water partition coefficient (Wildman–Crippen LogP) is 0.516. The number of ether oxygens (including phenoxy) is 2. The number of rotatable bonds is 2. The number of carbonyl (C=O) groups excluding carboxylic acids is 2. The molecule has 7 heteroatoms. The first kappa shape index (κ1) is 14.7. The summed E-state index contributed by atoms with van der Waals surface area (Å²) < 4.78 is 9.85. The fourth-order valence-electron chi connectivity index (χ4n) is 1.81. The SMILES string of the molecule is COC(=O)[C@@H]1CC(NO)CN1C(=O)OC(C)(C)C. The molecule has 0 aromatic rings. The normalized spacial score (nSPS) is 23.9. The Morgan fingerprint density at radius 2 is 2.00 bits per heavy atom. The van der Waals surface area contributed by atoms with E-state index in [0.717, 1.165) is 0 Å². The van der Waals surface area contributed by atoms with E-state index in [1.54, 1.807) is 20.8 Å². The van der Waals surface area contributed by atoms with Gasteiger partial charge >= 0.3 is 12.1 Å². The molecule has 2 N–H and O–H groups in total. The first-order valence-electron chi connectivity index (χ1n) is 5.75. The molecule has 1 saturated heterocycles. The van der Waals surface area contributed by atoms with Crippen molar-refractivity contribution >= 4 is 12.1 Å². The first-order chi connectivity index (χ1) is 8.28. The van der Waals surface area contributed by atoms with Gasteiger partial charge in [-0.3, -0.25) is 4.90 Å². The van der Waals surface area contributed by atoms with Gasteiger partial charge < -0.3 is 14.7 Å². The van der Waals surface area contributed by atoms with Crippen molar-refractivity contribution < 1.29 is 24.3 Å². The van der Waals surface area contributed by atoms with Crippen molar-refractivity contribution in [3.8, 4) is 0 Å². The Balaban J connectivity index is 2.77. The van der Waals surface area contributed by atoms with Crippen LogP contribution in [0.5, 0.6) is 0 Å². The number of carbonyl (C=O) groups is 2. The summed E-state index contributed by atoms with van der Waals surface area (Å²) in [4.78, 5) is 24.8. The van der Waals surface area contributed by atoms with E-state index >= 15 is 0 Å². The van der Waals surface area contributed by atoms with Crippen molar-refractivity contribution in [2.24, 2.45) is 0 Å². The molecule has 1 amide bonds. The first-order valence-corrected chi connectivity index (χ1v) is 5.75. The minimum Gasteiger partial charge on any atom is -0.467 e. The van der Waals surface area contributed by atoms with Crippen LogP contribution in [0.2, 0.25) is 0 Å². The van der Waals surface area contributed by atoms with E-state index in [4.69, 9.17) is 9.94 Å². The number of hydrogen-bond donors (Lipinski definition) is 2. The van der Waals surface area contributed by atoms with E-state index in [0.29, 0.717) is 6.42 Å². The third-order valence-electron chi connectivity index (χ3n) is 2.58. The second-order valence-corrected chi connectivity index (χ2v) is 5.23. The van der Waals surface area contributed by atoms with Gasteiger partial charge in [0.15, 0.2) is 0 Å². The highest BCUT2D eigenvalue weighted by Crippen LogP contribution is 2.22. The van der Waals surface area contributed by atoms with Gasteiger partial charge in [-0.2, -0.15) is 0 Å². The maximum Gasteiger partial charge on any atom is 0.411 e. The zero-order valence-electron chi connectivity index (χ0n) is 11.1. The Morgan fingerprint density at radius 1 is 1.39 bits per heavy atom. The molecule has 0 aromatic heterocycles. The van der Waals surface area contributed by atoms with Crippen molar-refractivity contribution in [2.45, 2.75) is 44.9 Å². The van der Waals surface area contributed by atoms with Gasteiger partial charge in [0.25, 0.3) is 0 Å². The predicted molar refractivity (Wildman–Crippen MR) is 62.1 cm³/mol. The highest BCUT2D eigenvalue weighted by atomic mass is 16.6. The van der Waals surface area contributed by atoms with Gasteiger partial charge in [-0.25, -0.2) is 15.1 Å². The summed E-state index contributed by atoms with van der Waals surface area (Å²) in [5, 5.41) is 8.89. The van der Waals surface area contributed by atoms with E-state index in [9.17, 15) is 9.59 Å². The molecule has 0 spiro atoms. The lowest BCUT2D eigenvalue weighted by molar-refractivity contribution is -0.145. The number of likely N-dealkylation sites (tertiary alicyclic amines) is 1. The van der Waals surface area contributed by atoms with Crippen LogP contribution in [0.3, 0.4) is 0 Å². The minimum atomic E-state index is -0.727. The van der Waals surface area contributed by atoms with Gasteiger partial charge in [-0.05, 0) is 27.2 Å². The zero-order chi connectivity index (χ0) is 13.9. The summed E-state index contributed by atoms with van der Waals surface area (Å²) in [6.45, 7) is 5.44. The maximum absolute atomic E-state index is 11.9. The molecular formula is C11H20N2O5. The van der Waals surface area contributed by atoms with Crippen LogP contribution in [0, 0.1) is 0 Å². The number of esters is 1. The maximum atomic E-state index is 11.9. The molecule has 1 rings (SSSR count). The quantitative estimate of drug-likeness (QED) is 0.556. The van der Waals surface area contributed by atoms with Crippen LogP contribution in [0.25, 0.3) is 0 Å². The summed E-state index contributed by atoms with van der Waals surface area (Å²) >= 11 is 0. The summed E-state index contributed by atoms with van der Waals surface area (Å²) in [5.41, 5.74) is 1.43. The summed E-state index contributed by atoms with van der Waals surface area (Å²) in [6.07, 6.45) is -0.293. The molecule has 1 unspecified atom stereocenters. The third kappa shape index (κ3) is 3.58. The molecule has 0 bridgehead atoms. The lowest BCUT2D eigenvalue weighted by Gasteiger charge is -2.27. The Morgan fingerprint density at radius 3 is 2.44 bits per heavy atom. The van der Waals surface area contributed by atoms with E-state index in [1.807, 2.05) is 0 Å². The van der Waals surface area contributed by atoms with Crippen LogP contribution in [0.1, 0.15) is 27.2 Å². The second-order valence-electron chi connectivity index (χ2n) is 5.23. The molecule has 18 heavy (non-hydrogen) atoms. The van der Waals surface area contributed by atoms with Gasteiger partial charge in [0.05, 0.1) is 13.2 Å². The molecule has 0 aromatic carbocycles. The van der Waals surface area contributed by atoms with Gasteiger partial charge in [-0.1, -0.05) is 0 Å². The zero-order valence-corrected chi connectivity index (χ0v) is 11.1. The van der Waals surface area contributed by atoms with E-state index < -0.39 is 23.7 Å². The van der Waals surface area contributed by atoms with E-state index in [-0.39, 0.29) is 12.6 Å². The van der Waals surface area contributed by atoms with Crippen molar-refractivity contribution in [3.05, 3.63) is 0 Å². The third-order valence-corrected chi connectivity index (χ3v) is 2.58. The highest BCUT2D eigenvalue weighted by molar-refractivity contribution is 5.82. The second kappa shape index (κ2) is 5.53. The Kier molecular flexibility index (Phi) is 4.53. The average Bonchev–Trinajstić information content (AvgIpc) is 2.69. The van der Waals surface area contributed by atoms with Crippen molar-refractivity contribution in [3.63, 3.8) is 0 Å². The van der Waals surface area contributed by atoms with E-state index in [1.165, 1.54) is 12.0 Å². The molecule has 0 aliphatic carbocycles. The molecule has 1 heterocycles. The molecular weight excluding hydrogens is 240 g/mol. The molecule has 0 saturated carbocycles. The molecule has 2 atom stereocenters. The Labute approximate surface area is 106 Å². The number of methoxy groups -OCH3 is 1. The van der Waals surface area contributed by atoms with Crippen LogP contribution in [-0.4, -0.2) is 53.5 Å². The largest absolute Gasteiger partial charge is 0.467 e. The monoisotopic (exact) mass is 260 g/mol. The smallest absolute Gasteiger partial charge is 0.411 e. The molecule has 1 fully saturated rings. The number of hydrogen-bond acceptors (Lipinski definition) is 6. The Hall–Kier alpha value is -1.34. The van der Waals surface area contributed by atoms with E-state index in [2.05, 4.69) is 10.2 Å². The van der Waals surface area contributed by atoms with Gasteiger partial charge in [0, 0.05) is 6.54 Å². The van der Waals surface area contributed by atoms with Crippen LogP contribution in [0.15, 0.2) is 0 Å². The highest BCUT2D eigenvalue weighted by Gasteiger charge is 2.42. The fourth-order valence-corrected chi connectivity index (χ4v) is 1.81. The topological polar surface area (TPSA) is 88.1 Å². The lowest BCUT2D eigenvalue weighted by atomic mass is 10.2. The van der Waals surface area contributed by atoms with Crippen LogP contribution < -0.4 is 5.48 Å². The van der Waals surface area contributed by atoms with Gasteiger partial charge in [0.1, 0.15) is 11.6 Å². The van der Waals surface area contributed by atoms with Crippen molar-refractivity contribution in [1.82, 2.24) is 10.4 Å². The molecule has 7 nitrogen and oxygen atoms in total. The van der Waals surface area contributed by atoms with Gasteiger partial charge in [0.2, 0.25) is 0 Å². The van der Waals surface area contributed by atoms with Crippen molar-refractivity contribution in [2.75, 3.05) is 13.7 Å². The summed E-state index contributed by atoms with van der Waals surface area (Å²) in [5.74, 6) is -0.515. The molecule has 0 radical (unpaired) electrons. The molecule has 104 valence electrons. The van der Waals surface area contributed by atoms with Gasteiger partial charge in [-0.15, -0.1) is 0 Å². The average molecular weight is 260 g/mol. The molecule has 1 aliphatic heterocycles. The standard InChI is InChI=1S/C11H20N2O5/c1-11(2,3)18-10(15)13-6-7(12-16)5-8(13)9(14)17-4/h7-8,12,16H,5-6H2,1-4H3/t7?,8-/m0/s1. The van der Waals surface area contributed by atoms with Crippen LogP contribution in [-0.2, 0) is 14.3 Å². The summed E-state index contributed by atoms with van der Waals surface area (Å²) in [7, 11) is 1.26. The lowest BCUT2D eigenvalue weighted by Crippen LogP contribution is -2.44. The number of hydroxylamine groups is 1. The number of amides is 1. The summed E-state index contributed by atoms with van der Waals surface area (Å²) in [6, 6.07) is -1.09. The van der Waals surface area contributed by atoms with Crippen LogP contribution >= 0.6 is 0 Å². The minimum absolute atomic E-state index is 0.200. The number of nitrogens with one attached hydrogen (secondary N) is 1. The fraction of sp³-hybridized carbons (Fsp3) is 0.818. The Bertz CT molecular complexity index is 326. The van der Waals surface area contributed by atoms with Crippen molar-refractivity contribution in [1.29, 1.82) is 0 Å².